The van der Waals surface area contributed by atoms with Crippen molar-refractivity contribution in [3.8, 4) is 22.7 Å². The van der Waals surface area contributed by atoms with Gasteiger partial charge in [-0.2, -0.15) is 0 Å². The highest BCUT2D eigenvalue weighted by molar-refractivity contribution is 7.05. The molecule has 0 radical (unpaired) electrons. The molecule has 0 saturated carbocycles. The van der Waals surface area contributed by atoms with Crippen molar-refractivity contribution in [3.63, 3.8) is 0 Å². The van der Waals surface area contributed by atoms with Gasteiger partial charge in [0.2, 0.25) is 0 Å². The first kappa shape index (κ1) is 50.8. The van der Waals surface area contributed by atoms with Crippen LogP contribution in [0, 0.1) is 0 Å². The molecular weight excluding hydrogens is 1010 g/mol. The zero-order valence-electron chi connectivity index (χ0n) is 52.6. The summed E-state index contributed by atoms with van der Waals surface area (Å²) < 4.78 is 10.9. The van der Waals surface area contributed by atoms with Crippen LogP contribution < -0.4 is 32.8 Å². The standard InChI is InChI=1S/C78H76B2N4/c1-73(2,3)41-25-29-55-47(33-41)49-37-45(77(13,14)15)39-53-69(49)81(55)59-21-19-23-61-65(59)79(53)67-63-51-35-43(75(7,8)9)28-32-58(51)84-62-24-20-22-60-66(62)80(68(72(63)84)64-52-36-44(76(10,11)12)27-31-57(52)83(61)71(64)67)54-40-46(78(16,17)18)38-50-48-34-42(74(4,5)6)26-30-56(48)82(60)70(50)54/h19-40H,1-18H3. The lowest BCUT2D eigenvalue weighted by Crippen LogP contribution is -2.62. The highest BCUT2D eigenvalue weighted by Crippen LogP contribution is 2.48. The van der Waals surface area contributed by atoms with Crippen LogP contribution in [0.4, 0.5) is 0 Å². The van der Waals surface area contributed by atoms with Gasteiger partial charge in [-0.3, -0.25) is 0 Å². The fourth-order valence-corrected chi connectivity index (χ4v) is 16.3. The van der Waals surface area contributed by atoms with Gasteiger partial charge < -0.3 is 18.3 Å². The van der Waals surface area contributed by atoms with Crippen LogP contribution in [0.25, 0.3) is 110 Å². The minimum Gasteiger partial charge on any atom is -0.310 e. The Bertz CT molecular complexity index is 4920. The van der Waals surface area contributed by atoms with Crippen molar-refractivity contribution < 1.29 is 0 Å². The first-order valence-electron chi connectivity index (χ1n) is 31.2. The van der Waals surface area contributed by atoms with Crippen LogP contribution >= 0.6 is 0 Å². The molecule has 0 spiro atoms. The fourth-order valence-electron chi connectivity index (χ4n) is 16.3. The Morgan fingerprint density at radius 3 is 0.810 bits per heavy atom. The molecule has 0 bridgehead atoms. The first-order valence-corrected chi connectivity index (χ1v) is 31.2. The van der Waals surface area contributed by atoms with Gasteiger partial charge in [-0.1, -0.05) is 173 Å². The van der Waals surface area contributed by atoms with Crippen molar-refractivity contribution in [1.29, 1.82) is 0 Å². The monoisotopic (exact) mass is 1090 g/mol. The van der Waals surface area contributed by atoms with E-state index in [0.717, 1.165) is 0 Å². The predicted molar refractivity (Wildman–Crippen MR) is 365 cm³/mol. The minimum absolute atomic E-state index is 0.00475. The third-order valence-corrected chi connectivity index (χ3v) is 20.8. The van der Waals surface area contributed by atoms with Gasteiger partial charge >= 0.3 is 0 Å². The normalized spacial score (nSPS) is 14.7. The zero-order valence-corrected chi connectivity index (χ0v) is 52.6. The van der Waals surface area contributed by atoms with Crippen LogP contribution in [-0.2, 0) is 32.5 Å². The minimum atomic E-state index is -0.105. The third kappa shape index (κ3) is 6.27. The van der Waals surface area contributed by atoms with E-state index < -0.39 is 0 Å². The summed E-state index contributed by atoms with van der Waals surface area (Å²) in [7, 11) is 0. The largest absolute Gasteiger partial charge is 0.310 e. The molecule has 84 heavy (non-hydrogen) atoms. The van der Waals surface area contributed by atoms with E-state index in [0.29, 0.717) is 0 Å². The second-order valence-corrected chi connectivity index (χ2v) is 32.3. The summed E-state index contributed by atoms with van der Waals surface area (Å²) in [5.41, 5.74) is 32.1. The van der Waals surface area contributed by atoms with Crippen LogP contribution in [0.5, 0.6) is 0 Å². The Labute approximate surface area is 495 Å². The quantitative estimate of drug-likeness (QED) is 0.135. The van der Waals surface area contributed by atoms with Crippen molar-refractivity contribution in [2.24, 2.45) is 0 Å². The van der Waals surface area contributed by atoms with E-state index in [9.17, 15) is 0 Å². The van der Waals surface area contributed by atoms with Crippen molar-refractivity contribution >= 4 is 133 Å². The molecule has 0 unspecified atom stereocenters. The Kier molecular flexibility index (Phi) is 9.31. The van der Waals surface area contributed by atoms with E-state index in [1.807, 2.05) is 0 Å². The maximum atomic E-state index is 2.77. The molecule has 13 aromatic rings. The van der Waals surface area contributed by atoms with Gasteiger partial charge in [0.1, 0.15) is 0 Å². The molecule has 0 amide bonds. The maximum Gasteiger partial charge on any atom is 0.253 e. The molecule has 0 N–H and O–H groups in total. The van der Waals surface area contributed by atoms with Crippen LogP contribution in [0.2, 0.25) is 0 Å². The molecule has 4 nitrogen and oxygen atoms in total. The third-order valence-electron chi connectivity index (χ3n) is 20.8. The average molecular weight is 1090 g/mol. The van der Waals surface area contributed by atoms with Gasteiger partial charge in [0.05, 0.1) is 22.1 Å². The second-order valence-electron chi connectivity index (χ2n) is 32.3. The summed E-state index contributed by atoms with van der Waals surface area (Å²) >= 11 is 0. The van der Waals surface area contributed by atoms with Crippen LogP contribution in [-0.4, -0.2) is 31.7 Å². The van der Waals surface area contributed by atoms with Crippen LogP contribution in [0.1, 0.15) is 158 Å². The number of fused-ring (bicyclic) bond motifs is 22. The topological polar surface area (TPSA) is 19.7 Å². The summed E-state index contributed by atoms with van der Waals surface area (Å²) in [6.45, 7) is 42.8. The van der Waals surface area contributed by atoms with Gasteiger partial charge in [-0.15, -0.1) is 0 Å². The Morgan fingerprint density at radius 2 is 0.512 bits per heavy atom. The summed E-state index contributed by atoms with van der Waals surface area (Å²) in [6.07, 6.45) is 0. The molecule has 0 atom stereocenters. The highest BCUT2D eigenvalue weighted by atomic mass is 15.1. The van der Waals surface area contributed by atoms with E-state index in [2.05, 4.69) is 276 Å². The van der Waals surface area contributed by atoms with Crippen molar-refractivity contribution in [1.82, 2.24) is 18.3 Å². The number of benzene rings is 9. The highest BCUT2D eigenvalue weighted by Gasteiger charge is 2.49. The lowest BCUT2D eigenvalue weighted by Gasteiger charge is -2.37. The maximum absolute atomic E-state index is 2.77. The van der Waals surface area contributed by atoms with E-state index >= 15 is 0 Å². The molecule has 9 aromatic carbocycles. The molecule has 17 rings (SSSR count). The van der Waals surface area contributed by atoms with E-state index in [1.165, 1.54) is 176 Å². The molecule has 0 aliphatic carbocycles. The number of nitrogens with zero attached hydrogens (tertiary/aromatic N) is 4. The van der Waals surface area contributed by atoms with Gasteiger partial charge in [0.25, 0.3) is 13.4 Å². The van der Waals surface area contributed by atoms with Crippen molar-refractivity contribution in [2.75, 3.05) is 0 Å². The SMILES string of the molecule is CC(C)(C)c1ccc2c(c1)c1cc(C(C)(C)C)cc3c1n2-c1cccc2c1B3c1c3c4cc(C(C)(C)C)ccc4n4c3c(c3c5cc(C(C)(C)C)ccc5n-2c13)B1c2c(cccc2-4)-n2c3ccc(C(C)(C)C)cc3c3cc(C(C)(C)C)cc1c32. The van der Waals surface area contributed by atoms with Gasteiger partial charge in [0.15, 0.2) is 0 Å². The zero-order chi connectivity index (χ0) is 58.5. The smallest absolute Gasteiger partial charge is 0.253 e. The number of aromatic nitrogens is 4. The molecule has 414 valence electrons. The van der Waals surface area contributed by atoms with Crippen LogP contribution in [0.15, 0.2) is 133 Å². The van der Waals surface area contributed by atoms with Crippen LogP contribution in [0.3, 0.4) is 0 Å². The molecule has 6 heteroatoms. The average Bonchev–Trinajstić information content (AvgIpc) is 1.45. The second kappa shape index (κ2) is 15.4. The van der Waals surface area contributed by atoms with Gasteiger partial charge in [0, 0.05) is 87.9 Å². The molecule has 4 aliphatic heterocycles. The lowest BCUT2D eigenvalue weighted by molar-refractivity contribution is 0.590. The van der Waals surface area contributed by atoms with Gasteiger partial charge in [-0.05, 0) is 184 Å². The molecule has 0 fully saturated rings. The first-order chi connectivity index (χ1) is 39.5. The molecular formula is C78H76B2N4. The Hall–Kier alpha value is -7.69. The molecule has 4 aromatic heterocycles. The predicted octanol–water partition coefficient (Wildman–Crippen LogP) is 16.1. The van der Waals surface area contributed by atoms with E-state index in [-0.39, 0.29) is 45.9 Å². The fraction of sp³-hybridized carbons (Fsp3) is 0.308. The summed E-state index contributed by atoms with van der Waals surface area (Å²) in [5.74, 6) is 0. The molecule has 0 saturated heterocycles. The van der Waals surface area contributed by atoms with Crippen molar-refractivity contribution in [3.05, 3.63) is 167 Å². The summed E-state index contributed by atoms with van der Waals surface area (Å²) in [5, 5.41) is 10.9. The number of rotatable bonds is 0. The molecule has 8 heterocycles. The van der Waals surface area contributed by atoms with Gasteiger partial charge in [-0.25, -0.2) is 0 Å². The number of hydrogen-bond acceptors (Lipinski definition) is 0. The Balaban J connectivity index is 1.14. The van der Waals surface area contributed by atoms with E-state index in [1.54, 1.807) is 0 Å². The van der Waals surface area contributed by atoms with Crippen molar-refractivity contribution in [2.45, 2.75) is 157 Å². The number of hydrogen-bond donors (Lipinski definition) is 0. The van der Waals surface area contributed by atoms with E-state index in [4.69, 9.17) is 0 Å². The summed E-state index contributed by atoms with van der Waals surface area (Å²) in [6, 6.07) is 54.8. The Morgan fingerprint density at radius 1 is 0.250 bits per heavy atom. The molecule has 4 aliphatic rings. The lowest BCUT2D eigenvalue weighted by atomic mass is 9.31. The summed E-state index contributed by atoms with van der Waals surface area (Å²) in [4.78, 5) is 0.